The van der Waals surface area contributed by atoms with E-state index in [0.29, 0.717) is 0 Å². The minimum atomic E-state index is -3.07. The largest absolute Gasteiger partial charge is 0.224 e. The summed E-state index contributed by atoms with van der Waals surface area (Å²) in [6, 6.07) is 0. The molecular formula is C15H22O2S. The second-order valence-corrected chi connectivity index (χ2v) is 6.97. The molecule has 1 aromatic carbocycles. The van der Waals surface area contributed by atoms with Gasteiger partial charge in [-0.15, -0.1) is 0 Å². The van der Waals surface area contributed by atoms with Gasteiger partial charge in [-0.3, -0.25) is 0 Å². The summed E-state index contributed by atoms with van der Waals surface area (Å²) in [4.78, 5) is 0. The first-order valence-corrected chi connectivity index (χ1v) is 7.90. The lowest BCUT2D eigenvalue weighted by Gasteiger charge is -2.16. The van der Waals surface area contributed by atoms with E-state index in [4.69, 9.17) is 0 Å². The maximum absolute atomic E-state index is 11.5. The Labute approximate surface area is 111 Å². The number of hydrogen-bond acceptors (Lipinski definition) is 2. The number of benzene rings is 1. The van der Waals surface area contributed by atoms with Crippen molar-refractivity contribution in [1.82, 2.24) is 0 Å². The average Bonchev–Trinajstić information content (AvgIpc) is 2.34. The highest BCUT2D eigenvalue weighted by molar-refractivity contribution is 7.94. The zero-order valence-corrected chi connectivity index (χ0v) is 12.9. The fourth-order valence-electron chi connectivity index (χ4n) is 2.05. The van der Waals surface area contributed by atoms with E-state index in [1.165, 1.54) is 22.1 Å². The van der Waals surface area contributed by atoms with Gasteiger partial charge in [0.05, 0.1) is 5.75 Å². The molecule has 0 heterocycles. The van der Waals surface area contributed by atoms with Crippen LogP contribution in [0.2, 0.25) is 0 Å². The first-order chi connectivity index (χ1) is 8.21. The van der Waals surface area contributed by atoms with Crippen molar-refractivity contribution in [3.63, 3.8) is 0 Å². The first kappa shape index (κ1) is 15.0. The summed E-state index contributed by atoms with van der Waals surface area (Å²) in [6.07, 6.45) is 1.74. The highest BCUT2D eigenvalue weighted by Crippen LogP contribution is 2.27. The number of sulfone groups is 1. The van der Waals surface area contributed by atoms with E-state index < -0.39 is 9.84 Å². The zero-order chi connectivity index (χ0) is 14.1. The van der Waals surface area contributed by atoms with Crippen molar-refractivity contribution in [3.05, 3.63) is 38.8 Å². The molecule has 0 aliphatic carbocycles. The smallest absolute Gasteiger partial charge is 0.171 e. The summed E-state index contributed by atoms with van der Waals surface area (Å²) in [7, 11) is -3.07. The van der Waals surface area contributed by atoms with E-state index in [-0.39, 0.29) is 5.75 Å². The number of hydrogen-bond donors (Lipinski definition) is 0. The van der Waals surface area contributed by atoms with Crippen molar-refractivity contribution in [1.29, 1.82) is 0 Å². The zero-order valence-electron chi connectivity index (χ0n) is 12.1. The molecule has 18 heavy (non-hydrogen) atoms. The Hall–Kier alpha value is -1.09. The van der Waals surface area contributed by atoms with Gasteiger partial charge in [-0.2, -0.15) is 0 Å². The Morgan fingerprint density at radius 2 is 1.22 bits per heavy atom. The molecule has 0 aliphatic rings. The summed E-state index contributed by atoms with van der Waals surface area (Å²) >= 11 is 0. The lowest BCUT2D eigenvalue weighted by atomic mass is 9.90. The van der Waals surface area contributed by atoms with Crippen LogP contribution in [0.25, 0.3) is 6.08 Å². The van der Waals surface area contributed by atoms with Gasteiger partial charge in [0.1, 0.15) is 0 Å². The molecule has 0 aliphatic heterocycles. The third-order valence-corrected chi connectivity index (χ3v) is 5.26. The Kier molecular flexibility index (Phi) is 4.38. The van der Waals surface area contributed by atoms with Crippen LogP contribution in [0.3, 0.4) is 0 Å². The molecule has 2 nitrogen and oxygen atoms in total. The van der Waals surface area contributed by atoms with Gasteiger partial charge in [0.25, 0.3) is 0 Å². The molecule has 0 saturated carbocycles. The predicted octanol–water partition coefficient (Wildman–Crippen LogP) is 3.63. The van der Waals surface area contributed by atoms with Crippen LogP contribution in [0.1, 0.15) is 40.3 Å². The maximum Gasteiger partial charge on any atom is 0.171 e. The molecule has 0 aromatic heterocycles. The highest BCUT2D eigenvalue weighted by atomic mass is 32.2. The summed E-state index contributed by atoms with van der Waals surface area (Å²) in [5, 5.41) is 1.33. The summed E-state index contributed by atoms with van der Waals surface area (Å²) in [5.74, 6) is 0.144. The van der Waals surface area contributed by atoms with Crippen LogP contribution in [-0.4, -0.2) is 14.2 Å². The summed E-state index contributed by atoms with van der Waals surface area (Å²) in [5.41, 5.74) is 7.14. The van der Waals surface area contributed by atoms with E-state index >= 15 is 0 Å². The Bertz CT molecular complexity index is 564. The van der Waals surface area contributed by atoms with Crippen molar-refractivity contribution < 1.29 is 8.42 Å². The fourth-order valence-corrected chi connectivity index (χ4v) is 2.58. The third kappa shape index (κ3) is 2.83. The number of rotatable bonds is 3. The molecule has 1 aromatic rings. The first-order valence-electron chi connectivity index (χ1n) is 6.19. The normalized spacial score (nSPS) is 12.3. The molecular weight excluding hydrogens is 244 g/mol. The second-order valence-electron chi connectivity index (χ2n) is 4.79. The molecule has 0 radical (unpaired) electrons. The lowest BCUT2D eigenvalue weighted by molar-refractivity contribution is 0.606. The van der Waals surface area contributed by atoms with E-state index in [1.807, 2.05) is 13.8 Å². The van der Waals surface area contributed by atoms with E-state index in [2.05, 4.69) is 20.8 Å². The van der Waals surface area contributed by atoms with Gasteiger partial charge in [0.2, 0.25) is 0 Å². The molecule has 0 atom stereocenters. The standard InChI is InChI=1S/C15H22O2S/c1-7-18(16,17)9-8-15-13(5)11(3)10(2)12(4)14(15)6/h8-9H,7H2,1-6H3/b9-8+. The van der Waals surface area contributed by atoms with Crippen LogP contribution >= 0.6 is 0 Å². The minimum absolute atomic E-state index is 0.144. The van der Waals surface area contributed by atoms with E-state index in [1.54, 1.807) is 13.0 Å². The highest BCUT2D eigenvalue weighted by Gasteiger charge is 2.11. The monoisotopic (exact) mass is 266 g/mol. The van der Waals surface area contributed by atoms with Crippen LogP contribution in [-0.2, 0) is 9.84 Å². The van der Waals surface area contributed by atoms with Crippen LogP contribution in [0.4, 0.5) is 0 Å². The van der Waals surface area contributed by atoms with Crippen molar-refractivity contribution in [3.8, 4) is 0 Å². The van der Waals surface area contributed by atoms with Crippen LogP contribution in [0.15, 0.2) is 5.41 Å². The third-order valence-electron chi connectivity index (χ3n) is 3.90. The van der Waals surface area contributed by atoms with Gasteiger partial charge in [-0.05, 0) is 74.1 Å². The topological polar surface area (TPSA) is 34.1 Å². The average molecular weight is 266 g/mol. The molecule has 0 saturated heterocycles. The molecule has 1 rings (SSSR count). The fraction of sp³-hybridized carbons (Fsp3) is 0.467. The molecule has 0 N–H and O–H groups in total. The molecule has 100 valence electrons. The van der Waals surface area contributed by atoms with E-state index in [0.717, 1.165) is 16.7 Å². The van der Waals surface area contributed by atoms with Crippen LogP contribution in [0.5, 0.6) is 0 Å². The molecule has 0 fully saturated rings. The van der Waals surface area contributed by atoms with Crippen molar-refractivity contribution in [2.75, 3.05) is 5.75 Å². The quantitative estimate of drug-likeness (QED) is 0.837. The Morgan fingerprint density at radius 1 is 0.833 bits per heavy atom. The summed E-state index contributed by atoms with van der Waals surface area (Å²) < 4.78 is 23.1. The molecule has 0 bridgehead atoms. The van der Waals surface area contributed by atoms with Crippen LogP contribution < -0.4 is 0 Å². The second kappa shape index (κ2) is 5.27. The summed E-state index contributed by atoms with van der Waals surface area (Å²) in [6.45, 7) is 12.0. The predicted molar refractivity (Wildman–Crippen MR) is 78.6 cm³/mol. The van der Waals surface area contributed by atoms with Gasteiger partial charge < -0.3 is 0 Å². The van der Waals surface area contributed by atoms with E-state index in [9.17, 15) is 8.42 Å². The molecule has 0 unspecified atom stereocenters. The van der Waals surface area contributed by atoms with Gasteiger partial charge in [-0.25, -0.2) is 8.42 Å². The SMILES string of the molecule is CCS(=O)(=O)/C=C/c1c(C)c(C)c(C)c(C)c1C. The van der Waals surface area contributed by atoms with Gasteiger partial charge >= 0.3 is 0 Å². The Morgan fingerprint density at radius 3 is 1.61 bits per heavy atom. The Balaban J connectivity index is 3.44. The van der Waals surface area contributed by atoms with Crippen molar-refractivity contribution in [2.45, 2.75) is 41.5 Å². The molecule has 0 spiro atoms. The molecule has 0 amide bonds. The van der Waals surface area contributed by atoms with Gasteiger partial charge in [0.15, 0.2) is 9.84 Å². The maximum atomic E-state index is 11.5. The molecule has 3 heteroatoms. The minimum Gasteiger partial charge on any atom is -0.224 e. The lowest BCUT2D eigenvalue weighted by Crippen LogP contribution is -2.01. The van der Waals surface area contributed by atoms with Crippen molar-refractivity contribution in [2.24, 2.45) is 0 Å². The van der Waals surface area contributed by atoms with Gasteiger partial charge in [0, 0.05) is 5.41 Å². The van der Waals surface area contributed by atoms with Crippen LogP contribution in [0, 0.1) is 34.6 Å². The van der Waals surface area contributed by atoms with Crippen molar-refractivity contribution >= 4 is 15.9 Å². The van der Waals surface area contributed by atoms with Gasteiger partial charge in [-0.1, -0.05) is 6.92 Å².